The highest BCUT2D eigenvalue weighted by atomic mass is 32.2. The number of alkyl halides is 3. The predicted molar refractivity (Wildman–Crippen MR) is 99.7 cm³/mol. The van der Waals surface area contributed by atoms with Crippen LogP contribution in [0.1, 0.15) is 13.8 Å². The van der Waals surface area contributed by atoms with Crippen LogP contribution in [-0.2, 0) is 9.84 Å². The third-order valence-electron chi connectivity index (χ3n) is 5.08. The normalized spacial score (nSPS) is 24.0. The van der Waals surface area contributed by atoms with Crippen LogP contribution in [0.4, 0.5) is 13.2 Å². The quantitative estimate of drug-likeness (QED) is 0.515. The van der Waals surface area contributed by atoms with Crippen LogP contribution >= 0.6 is 0 Å². The fourth-order valence-electron chi connectivity index (χ4n) is 3.23. The number of aliphatic imine (C=N–C) groups is 1. The number of rotatable bonds is 5. The number of nitrogens with zero attached hydrogens (tertiary/aromatic N) is 4. The van der Waals surface area contributed by atoms with Crippen LogP contribution in [0.5, 0.6) is 0 Å². The third kappa shape index (κ3) is 6.79. The average molecular weight is 414 g/mol. The summed E-state index contributed by atoms with van der Waals surface area (Å²) >= 11 is 0. The van der Waals surface area contributed by atoms with E-state index in [0.29, 0.717) is 64.9 Å². The smallest absolute Gasteiger partial charge is 0.357 e. The van der Waals surface area contributed by atoms with Crippen LogP contribution in [0.15, 0.2) is 4.99 Å². The fraction of sp³-hybridized carbons (Fsp3) is 0.938. The van der Waals surface area contributed by atoms with Gasteiger partial charge in [-0.2, -0.15) is 13.2 Å². The summed E-state index contributed by atoms with van der Waals surface area (Å²) in [5.74, 6) is 1.09. The van der Waals surface area contributed by atoms with Crippen molar-refractivity contribution in [2.45, 2.75) is 26.1 Å². The second-order valence-electron chi connectivity index (χ2n) is 6.97. The molecule has 7 nitrogen and oxygen atoms in total. The molecule has 0 amide bonds. The molecule has 158 valence electrons. The number of hydrogen-bond donors (Lipinski definition) is 1. The monoisotopic (exact) mass is 413 g/mol. The molecule has 1 unspecified atom stereocenters. The van der Waals surface area contributed by atoms with Gasteiger partial charge in [0.15, 0.2) is 15.8 Å². The first kappa shape index (κ1) is 22.2. The van der Waals surface area contributed by atoms with E-state index in [1.165, 1.54) is 11.8 Å². The molecule has 1 atom stereocenters. The molecule has 2 rings (SSSR count). The van der Waals surface area contributed by atoms with Gasteiger partial charge in [0, 0.05) is 52.4 Å². The highest BCUT2D eigenvalue weighted by molar-refractivity contribution is 7.91. The molecule has 0 aromatic heterocycles. The molecule has 11 heteroatoms. The zero-order valence-corrected chi connectivity index (χ0v) is 16.8. The molecule has 1 N–H and O–H groups in total. The van der Waals surface area contributed by atoms with E-state index in [0.717, 1.165) is 0 Å². The van der Waals surface area contributed by atoms with E-state index < -0.39 is 22.1 Å². The zero-order chi connectivity index (χ0) is 20.1. The summed E-state index contributed by atoms with van der Waals surface area (Å²) in [4.78, 5) is 10.1. The number of hydrogen-bond acceptors (Lipinski definition) is 5. The lowest BCUT2D eigenvalue weighted by Gasteiger charge is -2.39. The van der Waals surface area contributed by atoms with Gasteiger partial charge in [0.05, 0.1) is 18.1 Å². The molecule has 0 radical (unpaired) electrons. The van der Waals surface area contributed by atoms with Gasteiger partial charge < -0.3 is 10.2 Å². The first-order valence-corrected chi connectivity index (χ1v) is 11.2. The van der Waals surface area contributed by atoms with Crippen molar-refractivity contribution in [2.24, 2.45) is 4.99 Å². The molecular weight excluding hydrogens is 383 g/mol. The van der Waals surface area contributed by atoms with Gasteiger partial charge >= 0.3 is 6.18 Å². The van der Waals surface area contributed by atoms with Gasteiger partial charge in [-0.25, -0.2) is 8.42 Å². The van der Waals surface area contributed by atoms with Gasteiger partial charge in [0.25, 0.3) is 0 Å². The molecule has 0 aromatic carbocycles. The molecule has 2 heterocycles. The van der Waals surface area contributed by atoms with E-state index in [2.05, 4.69) is 15.2 Å². The van der Waals surface area contributed by atoms with Gasteiger partial charge in [-0.1, -0.05) is 0 Å². The van der Waals surface area contributed by atoms with Gasteiger partial charge in [0.2, 0.25) is 0 Å². The summed E-state index contributed by atoms with van der Waals surface area (Å²) in [6.45, 7) is 7.77. The molecule has 0 saturated carbocycles. The Balaban J connectivity index is 1.83. The van der Waals surface area contributed by atoms with Crippen LogP contribution in [0.2, 0.25) is 0 Å². The van der Waals surface area contributed by atoms with E-state index >= 15 is 0 Å². The first-order chi connectivity index (χ1) is 12.6. The van der Waals surface area contributed by atoms with E-state index in [1.807, 2.05) is 11.8 Å². The maximum absolute atomic E-state index is 12.9. The molecular formula is C16H30F3N5O2S. The Kier molecular flexibility index (Phi) is 7.75. The van der Waals surface area contributed by atoms with Crippen molar-refractivity contribution >= 4 is 15.8 Å². The largest absolute Gasteiger partial charge is 0.403 e. The van der Waals surface area contributed by atoms with Crippen molar-refractivity contribution < 1.29 is 21.6 Å². The number of nitrogens with one attached hydrogen (secondary N) is 1. The Morgan fingerprint density at radius 2 is 1.70 bits per heavy atom. The second kappa shape index (κ2) is 9.42. The maximum Gasteiger partial charge on any atom is 0.403 e. The van der Waals surface area contributed by atoms with Gasteiger partial charge in [-0.15, -0.1) is 0 Å². The Bertz CT molecular complexity index is 590. The van der Waals surface area contributed by atoms with Crippen molar-refractivity contribution in [2.75, 3.05) is 70.4 Å². The molecule has 0 bridgehead atoms. The minimum Gasteiger partial charge on any atom is -0.357 e. The minimum absolute atomic E-state index is 0.191. The Morgan fingerprint density at radius 1 is 1.11 bits per heavy atom. The van der Waals surface area contributed by atoms with Gasteiger partial charge in [-0.3, -0.25) is 14.8 Å². The van der Waals surface area contributed by atoms with Crippen molar-refractivity contribution in [3.05, 3.63) is 0 Å². The van der Waals surface area contributed by atoms with Crippen molar-refractivity contribution in [1.29, 1.82) is 0 Å². The van der Waals surface area contributed by atoms with Gasteiger partial charge in [0.1, 0.15) is 6.04 Å². The van der Waals surface area contributed by atoms with Crippen molar-refractivity contribution in [3.8, 4) is 0 Å². The van der Waals surface area contributed by atoms with Crippen LogP contribution in [0, 0.1) is 0 Å². The van der Waals surface area contributed by atoms with Crippen LogP contribution < -0.4 is 5.32 Å². The van der Waals surface area contributed by atoms with Crippen molar-refractivity contribution in [1.82, 2.24) is 20.0 Å². The zero-order valence-electron chi connectivity index (χ0n) is 16.0. The lowest BCUT2D eigenvalue weighted by molar-refractivity contribution is -0.181. The Labute approximate surface area is 159 Å². The number of sulfone groups is 1. The molecule has 0 spiro atoms. The Morgan fingerprint density at radius 3 is 2.22 bits per heavy atom. The summed E-state index contributed by atoms with van der Waals surface area (Å²) in [6, 6.07) is -1.44. The Hall–Kier alpha value is -1.07. The first-order valence-electron chi connectivity index (χ1n) is 9.39. The molecule has 27 heavy (non-hydrogen) atoms. The van der Waals surface area contributed by atoms with E-state index in [1.54, 1.807) is 0 Å². The molecule has 2 aliphatic rings. The van der Waals surface area contributed by atoms with Crippen LogP contribution in [0.3, 0.4) is 0 Å². The van der Waals surface area contributed by atoms with Gasteiger partial charge in [-0.05, 0) is 13.8 Å². The van der Waals surface area contributed by atoms with E-state index in [-0.39, 0.29) is 11.5 Å². The highest BCUT2D eigenvalue weighted by Gasteiger charge is 2.41. The van der Waals surface area contributed by atoms with Crippen LogP contribution in [0.25, 0.3) is 0 Å². The second-order valence-corrected chi connectivity index (χ2v) is 9.27. The molecule has 2 aliphatic heterocycles. The summed E-state index contributed by atoms with van der Waals surface area (Å²) in [5.41, 5.74) is 0. The molecule has 0 aliphatic carbocycles. The SMILES string of the molecule is CCNC(=NCCN1CCS(=O)(=O)CC1)N1CCN(C(C)C(F)(F)F)CC1. The number of guanidine groups is 1. The summed E-state index contributed by atoms with van der Waals surface area (Å²) in [6.07, 6.45) is -4.21. The lowest BCUT2D eigenvalue weighted by Crippen LogP contribution is -2.56. The summed E-state index contributed by atoms with van der Waals surface area (Å²) in [7, 11) is -2.89. The van der Waals surface area contributed by atoms with E-state index in [4.69, 9.17) is 0 Å². The number of halogens is 3. The number of piperazine rings is 1. The molecule has 2 fully saturated rings. The average Bonchev–Trinajstić information content (AvgIpc) is 2.61. The topological polar surface area (TPSA) is 68.2 Å². The standard InChI is InChI=1S/C16H30F3N5O2S/c1-3-20-15(21-4-5-22-10-12-27(25,26)13-11-22)24-8-6-23(7-9-24)14(2)16(17,18)19/h14H,3-13H2,1-2H3,(H,20,21). The minimum atomic E-state index is -4.21. The highest BCUT2D eigenvalue weighted by Crippen LogP contribution is 2.25. The fourth-order valence-corrected chi connectivity index (χ4v) is 4.50. The summed E-state index contributed by atoms with van der Waals surface area (Å²) in [5, 5.41) is 3.20. The molecule has 0 aromatic rings. The maximum atomic E-state index is 12.9. The molecule has 2 saturated heterocycles. The van der Waals surface area contributed by atoms with Crippen LogP contribution in [-0.4, -0.2) is 112 Å². The van der Waals surface area contributed by atoms with Crippen molar-refractivity contribution in [3.63, 3.8) is 0 Å². The lowest BCUT2D eigenvalue weighted by atomic mass is 10.2. The summed E-state index contributed by atoms with van der Waals surface area (Å²) < 4.78 is 61.5. The van der Waals surface area contributed by atoms with E-state index in [9.17, 15) is 21.6 Å². The predicted octanol–water partition coefficient (Wildman–Crippen LogP) is 0.251. The third-order valence-corrected chi connectivity index (χ3v) is 6.69.